The molecule has 0 aliphatic carbocycles. The molecule has 474 valence electrons. The van der Waals surface area contributed by atoms with Gasteiger partial charge < -0.3 is 71.1 Å². The number of hydrogen-bond donors (Lipinski definition) is 9. The summed E-state index contributed by atoms with van der Waals surface area (Å²) in [6, 6.07) is 4.68. The van der Waals surface area contributed by atoms with E-state index < -0.39 is 129 Å². The molecule has 8 heterocycles. The number of primary amides is 1. The highest BCUT2D eigenvalue weighted by Gasteiger charge is 2.54. The molecule has 3 fully saturated rings. The number of carbonyl (C=O) groups excluding carboxylic acids is 7. The third-order valence-corrected chi connectivity index (χ3v) is 17.4. The molecule has 32 nitrogen and oxygen atoms in total. The van der Waals surface area contributed by atoms with Crippen molar-refractivity contribution in [2.24, 2.45) is 17.6 Å². The Bertz CT molecular complexity index is 3540. The number of nitrogens with zero attached hydrogens (tertiary/aromatic N) is 9. The summed E-state index contributed by atoms with van der Waals surface area (Å²) in [7, 11) is 0. The van der Waals surface area contributed by atoms with Crippen LogP contribution in [0.5, 0.6) is 0 Å². The summed E-state index contributed by atoms with van der Waals surface area (Å²) in [6.45, 7) is -6.41. The number of fused-ring (bicyclic) bond motifs is 4. The van der Waals surface area contributed by atoms with Crippen LogP contribution in [0.2, 0.25) is 0 Å². The highest BCUT2D eigenvalue weighted by Crippen LogP contribution is 2.55. The van der Waals surface area contributed by atoms with E-state index in [0.29, 0.717) is 24.1 Å². The number of alkyl carbamates (subject to hydrolysis) is 1. The van der Waals surface area contributed by atoms with E-state index in [1.165, 1.54) is 28.1 Å². The number of nitrogen functional groups attached to an aromatic ring is 1. The number of urea groups is 1. The van der Waals surface area contributed by atoms with Crippen molar-refractivity contribution in [3.05, 3.63) is 67.3 Å². The molecule has 9 rings (SSSR count). The Balaban J connectivity index is 0.731. The number of ketones is 1. The van der Waals surface area contributed by atoms with Gasteiger partial charge >= 0.3 is 25.6 Å². The van der Waals surface area contributed by atoms with Crippen molar-refractivity contribution in [3.8, 4) is 0 Å². The fraction of sp³-hybridized carbons (Fsp3) is 0.500. The number of imidazole rings is 2. The van der Waals surface area contributed by atoms with Crippen LogP contribution in [0.3, 0.4) is 0 Å². The number of carbonyl (C=O) groups is 7. The maximum atomic E-state index is 16.7. The number of amides is 7. The second-order valence-electron chi connectivity index (χ2n) is 20.8. The molecule has 1 aromatic carbocycles. The first-order valence-electron chi connectivity index (χ1n) is 27.4. The fourth-order valence-electron chi connectivity index (χ4n) is 9.88. The largest absolute Gasteiger partial charge is 0.445 e. The Morgan fingerprint density at radius 3 is 1.98 bits per heavy atom. The molecule has 0 saturated carbocycles. The van der Waals surface area contributed by atoms with Gasteiger partial charge in [-0.15, -0.1) is 0 Å². The lowest BCUT2D eigenvalue weighted by atomic mass is 9.89. The molecule has 88 heavy (non-hydrogen) atoms. The van der Waals surface area contributed by atoms with Crippen molar-refractivity contribution >= 4 is 118 Å². The van der Waals surface area contributed by atoms with Crippen molar-refractivity contribution in [1.29, 1.82) is 0 Å². The lowest BCUT2D eigenvalue weighted by molar-refractivity contribution is -0.137. The highest BCUT2D eigenvalue weighted by molar-refractivity contribution is 8.07. The number of halogens is 2. The van der Waals surface area contributed by atoms with Crippen molar-refractivity contribution in [2.45, 2.75) is 108 Å². The molecule has 7 amide bonds. The van der Waals surface area contributed by atoms with Crippen LogP contribution in [0, 0.1) is 11.8 Å². The van der Waals surface area contributed by atoms with Gasteiger partial charge in [-0.1, -0.05) is 26.0 Å². The Labute approximate surface area is 509 Å². The molecule has 5 aromatic rings. The number of aromatic nitrogens is 8. The van der Waals surface area contributed by atoms with E-state index >= 15 is 8.78 Å². The van der Waals surface area contributed by atoms with Gasteiger partial charge in [-0.05, 0) is 66.5 Å². The molecule has 11 N–H and O–H groups in total. The maximum Gasteiger partial charge on any atom is 0.407 e. The quantitative estimate of drug-likeness (QED) is 0.0257. The molecule has 2 unspecified atom stereocenters. The summed E-state index contributed by atoms with van der Waals surface area (Å²) in [5.74, 6) is -3.57. The molecule has 0 radical (unpaired) electrons. The second kappa shape index (κ2) is 28.5. The minimum atomic E-state index is -4.38. The zero-order chi connectivity index (χ0) is 63.0. The first kappa shape index (κ1) is 65.2. The number of imide groups is 1. The van der Waals surface area contributed by atoms with Gasteiger partial charge in [-0.3, -0.25) is 47.1 Å². The Hall–Kier alpha value is -7.21. The number of benzene rings is 1. The summed E-state index contributed by atoms with van der Waals surface area (Å²) in [5, 5.41) is 13.7. The molecular formula is C50H62F2N16O16P2S2. The summed E-state index contributed by atoms with van der Waals surface area (Å²) < 4.78 is 75.4. The highest BCUT2D eigenvalue weighted by atomic mass is 32.5. The number of hydrogen-bond acceptors (Lipinski definition) is 24. The first-order chi connectivity index (χ1) is 42.0. The second-order valence-corrected chi connectivity index (χ2v) is 26.4. The normalized spacial score (nSPS) is 26.2. The van der Waals surface area contributed by atoms with Crippen LogP contribution in [-0.2, 0) is 86.5 Å². The van der Waals surface area contributed by atoms with E-state index in [0.717, 1.165) is 23.4 Å². The monoisotopic (exact) mass is 1310 g/mol. The van der Waals surface area contributed by atoms with Gasteiger partial charge in [-0.25, -0.2) is 48.3 Å². The van der Waals surface area contributed by atoms with Crippen LogP contribution < -0.4 is 38.1 Å². The topological polar surface area (TPSA) is 427 Å². The lowest BCUT2D eigenvalue weighted by Crippen LogP contribution is -2.46. The number of alkyl halides is 2. The van der Waals surface area contributed by atoms with Gasteiger partial charge in [0.2, 0.25) is 11.8 Å². The fourth-order valence-corrected chi connectivity index (χ4v) is 12.8. The molecule has 4 aliphatic heterocycles. The Morgan fingerprint density at radius 1 is 0.795 bits per heavy atom. The van der Waals surface area contributed by atoms with Gasteiger partial charge in [0, 0.05) is 62.8 Å². The summed E-state index contributed by atoms with van der Waals surface area (Å²) >= 11 is 10.5. The molecule has 4 aromatic heterocycles. The zero-order valence-corrected chi connectivity index (χ0v) is 50.3. The van der Waals surface area contributed by atoms with E-state index in [4.69, 9.17) is 67.4 Å². The Kier molecular flexibility index (Phi) is 21.1. The lowest BCUT2D eigenvalue weighted by Gasteiger charge is -2.29. The number of ether oxygens (including phenoxy) is 3. The van der Waals surface area contributed by atoms with Crippen LogP contribution in [-0.4, -0.2) is 177 Å². The minimum Gasteiger partial charge on any atom is -0.445 e. The van der Waals surface area contributed by atoms with Crippen LogP contribution in [0.4, 0.5) is 35.7 Å². The summed E-state index contributed by atoms with van der Waals surface area (Å²) in [6.07, 6.45) is -6.69. The molecule has 0 bridgehead atoms. The van der Waals surface area contributed by atoms with Gasteiger partial charge in [0.1, 0.15) is 49.2 Å². The summed E-state index contributed by atoms with van der Waals surface area (Å²) in [4.78, 5) is 136. The Morgan fingerprint density at radius 2 is 1.38 bits per heavy atom. The molecular weight excluding hydrogens is 1240 g/mol. The number of rotatable bonds is 23. The smallest absolute Gasteiger partial charge is 0.407 e. The van der Waals surface area contributed by atoms with Crippen molar-refractivity contribution < 1.29 is 84.4 Å². The predicted molar refractivity (Wildman–Crippen MR) is 311 cm³/mol. The van der Waals surface area contributed by atoms with Crippen molar-refractivity contribution in [3.63, 3.8) is 0 Å². The summed E-state index contributed by atoms with van der Waals surface area (Å²) in [5.41, 5.74) is 12.6. The SMILES string of the molecule is CC(C)[C@H](NC(=O)CCN1C(=O)C=CC1=O)C(=O)C[C@@H](CCCNC(N)=O)C(=O)Nc1ccc(COC(=O)NCCCNc2ncnc3c2ncn3[C@@H]2O[C@@H]3COP(O)(=S)O[C@H]4[C@@H](F)[C@H](n5cnc6c(N)ncnc65)O[C@@H]4COP(O)(=S)O[C@H]3[C@H]2F)cc1. The third kappa shape index (κ3) is 16.0. The first-order valence-corrected chi connectivity index (χ1v) is 32.6. The van der Waals surface area contributed by atoms with Crippen molar-refractivity contribution in [1.82, 2.24) is 59.9 Å². The van der Waals surface area contributed by atoms with E-state index in [1.807, 2.05) is 0 Å². The minimum absolute atomic E-state index is 0.0266. The number of anilines is 3. The van der Waals surface area contributed by atoms with Gasteiger partial charge in [0.05, 0.1) is 31.9 Å². The van der Waals surface area contributed by atoms with Crippen LogP contribution in [0.15, 0.2) is 61.7 Å². The van der Waals surface area contributed by atoms with E-state index in [2.05, 4.69) is 56.5 Å². The van der Waals surface area contributed by atoms with E-state index in [9.17, 15) is 43.3 Å². The molecule has 0 spiro atoms. The van der Waals surface area contributed by atoms with Gasteiger partial charge in [0.15, 0.2) is 59.0 Å². The number of Topliss-reactive ketones (excluding diaryl/α,β-unsaturated/α-hetero) is 1. The average Bonchev–Trinajstić information content (AvgIpc) is 2.01. The van der Waals surface area contributed by atoms with Gasteiger partial charge in [-0.2, -0.15) is 0 Å². The van der Waals surface area contributed by atoms with Crippen LogP contribution >= 0.6 is 13.4 Å². The number of nitrogens with one attached hydrogen (secondary N) is 5. The van der Waals surface area contributed by atoms with Gasteiger partial charge in [0.25, 0.3) is 11.8 Å². The average molecular weight is 1310 g/mol. The maximum absolute atomic E-state index is 16.7. The molecule has 12 atom stereocenters. The third-order valence-electron chi connectivity index (χ3n) is 14.3. The molecule has 3 saturated heterocycles. The van der Waals surface area contributed by atoms with Crippen LogP contribution in [0.1, 0.15) is 64.0 Å². The molecule has 38 heteroatoms. The van der Waals surface area contributed by atoms with E-state index in [-0.39, 0.29) is 91.9 Å². The van der Waals surface area contributed by atoms with E-state index in [1.54, 1.807) is 38.1 Å². The molecule has 4 aliphatic rings. The number of nitrogens with two attached hydrogens (primary N) is 2. The van der Waals surface area contributed by atoms with Crippen molar-refractivity contribution in [2.75, 3.05) is 55.8 Å². The van der Waals surface area contributed by atoms with Crippen LogP contribution in [0.25, 0.3) is 22.3 Å². The zero-order valence-electron chi connectivity index (χ0n) is 46.9. The standard InChI is InChI=1S/C50H62F2N16O16P2S2/c1-25(2)37(65-32(70)12-16-66-33(71)10-11-34(66)72)29(69)17-27(5-3-13-56-49(54)74)46(73)64-28-8-6-26(7-9-28)18-78-50(75)57-15-4-14-55-43-39-45(61-22-59-43)68(24-63-39)48-36(52)41-31(82-48)20-80-85(76,87)83-40-30(19-79-86(77,88)84-41)81-47(35(40)51)67-23-62-38-42(53)58-21-60-44(38)67/h6-11,21-25,27,30-31,35-37,40-41,47-48H,3-5,12-20H2,1-2H3,(H,57,75)(H,64,73)(H,65,70)(H,76,87)(H,77,88)(H2,53,58,60)(H3,54,56,74)(H,55,59,61)/t27-,30-,31-,35-,36-,37+,40-,41-,47-,48-,85?,86?/m1/s1. The predicted octanol–water partition coefficient (Wildman–Crippen LogP) is 2.12.